The quantitative estimate of drug-likeness (QED) is 0.514. The van der Waals surface area contributed by atoms with Crippen molar-refractivity contribution in [2.75, 3.05) is 0 Å². The van der Waals surface area contributed by atoms with Crippen LogP contribution >= 0.6 is 23.4 Å². The number of carbonyl (C=O) groups excluding carboxylic acids is 1. The van der Waals surface area contributed by atoms with Crippen molar-refractivity contribution in [1.82, 2.24) is 5.48 Å². The number of thioether (sulfide) groups is 1. The van der Waals surface area contributed by atoms with Gasteiger partial charge in [0.2, 0.25) is 0 Å². The van der Waals surface area contributed by atoms with Crippen molar-refractivity contribution in [1.29, 1.82) is 0 Å². The van der Waals surface area contributed by atoms with Gasteiger partial charge in [-0.2, -0.15) is 0 Å². The minimum Gasteiger partial charge on any atom is -0.289 e. The molecule has 1 unspecified atom stereocenters. The molecule has 0 saturated heterocycles. The minimum atomic E-state index is -0.507. The molecule has 0 radical (unpaired) electrons. The molecule has 0 aliphatic rings. The summed E-state index contributed by atoms with van der Waals surface area (Å²) in [5, 5.41) is 8.99. The predicted molar refractivity (Wildman–Crippen MR) is 76.4 cm³/mol. The summed E-state index contributed by atoms with van der Waals surface area (Å²) in [6, 6.07) is 16.5. The van der Waals surface area contributed by atoms with E-state index < -0.39 is 11.2 Å². The highest BCUT2D eigenvalue weighted by atomic mass is 35.5. The topological polar surface area (TPSA) is 49.3 Å². The Morgan fingerprint density at radius 2 is 1.74 bits per heavy atom. The average molecular weight is 294 g/mol. The van der Waals surface area contributed by atoms with Crippen LogP contribution in [0.3, 0.4) is 0 Å². The van der Waals surface area contributed by atoms with Gasteiger partial charge in [0, 0.05) is 9.92 Å². The number of halogens is 1. The lowest BCUT2D eigenvalue weighted by molar-refractivity contribution is -0.128. The van der Waals surface area contributed by atoms with Crippen LogP contribution in [0.2, 0.25) is 5.02 Å². The van der Waals surface area contributed by atoms with Crippen LogP contribution in [0.4, 0.5) is 0 Å². The summed E-state index contributed by atoms with van der Waals surface area (Å²) in [6.45, 7) is 0. The lowest BCUT2D eigenvalue weighted by Crippen LogP contribution is -2.24. The fraction of sp³-hybridized carbons (Fsp3) is 0.0714. The molecule has 2 aromatic carbocycles. The molecule has 5 heteroatoms. The zero-order valence-electron chi connectivity index (χ0n) is 9.92. The van der Waals surface area contributed by atoms with Crippen molar-refractivity contribution >= 4 is 29.3 Å². The van der Waals surface area contributed by atoms with Crippen LogP contribution in [0.1, 0.15) is 10.8 Å². The minimum absolute atomic E-state index is 0.453. The molecule has 0 aliphatic heterocycles. The Bertz CT molecular complexity index is 545. The maximum atomic E-state index is 11.8. The molecular weight excluding hydrogens is 282 g/mol. The summed E-state index contributed by atoms with van der Waals surface area (Å²) in [7, 11) is 0. The number of hydrogen-bond donors (Lipinski definition) is 2. The molecule has 0 saturated carbocycles. The maximum absolute atomic E-state index is 11.8. The molecule has 3 nitrogen and oxygen atoms in total. The van der Waals surface area contributed by atoms with Crippen LogP contribution in [0.5, 0.6) is 0 Å². The smallest absolute Gasteiger partial charge is 0.261 e. The Hall–Kier alpha value is -1.49. The van der Waals surface area contributed by atoms with Gasteiger partial charge in [-0.3, -0.25) is 10.0 Å². The van der Waals surface area contributed by atoms with E-state index in [1.54, 1.807) is 17.6 Å². The van der Waals surface area contributed by atoms with Crippen molar-refractivity contribution in [3.05, 3.63) is 65.2 Å². The van der Waals surface area contributed by atoms with Crippen LogP contribution in [-0.2, 0) is 4.79 Å². The third kappa shape index (κ3) is 3.73. The molecule has 19 heavy (non-hydrogen) atoms. The molecule has 0 aliphatic carbocycles. The lowest BCUT2D eigenvalue weighted by atomic mass is 10.1. The van der Waals surface area contributed by atoms with E-state index in [-0.39, 0.29) is 0 Å². The highest BCUT2D eigenvalue weighted by Crippen LogP contribution is 2.35. The first-order valence-electron chi connectivity index (χ1n) is 5.62. The van der Waals surface area contributed by atoms with Crippen LogP contribution < -0.4 is 5.48 Å². The predicted octanol–water partition coefficient (Wildman–Crippen LogP) is 3.68. The molecule has 2 aromatic rings. The maximum Gasteiger partial charge on any atom is 0.261 e. The molecule has 2 N–H and O–H groups in total. The van der Waals surface area contributed by atoms with Crippen molar-refractivity contribution in [2.24, 2.45) is 0 Å². The van der Waals surface area contributed by atoms with Gasteiger partial charge in [0.25, 0.3) is 5.91 Å². The lowest BCUT2D eigenvalue weighted by Gasteiger charge is -2.14. The second-order valence-corrected chi connectivity index (χ2v) is 5.45. The van der Waals surface area contributed by atoms with Gasteiger partial charge in [-0.25, -0.2) is 5.48 Å². The average Bonchev–Trinajstić information content (AvgIpc) is 2.47. The number of hydroxylamine groups is 1. The van der Waals surface area contributed by atoms with Gasteiger partial charge >= 0.3 is 0 Å². The van der Waals surface area contributed by atoms with E-state index in [0.717, 1.165) is 10.5 Å². The second-order valence-electron chi connectivity index (χ2n) is 3.84. The Labute approximate surface area is 120 Å². The van der Waals surface area contributed by atoms with Gasteiger partial charge in [0.05, 0.1) is 0 Å². The number of nitrogens with one attached hydrogen (secondary N) is 1. The Morgan fingerprint density at radius 3 is 2.32 bits per heavy atom. The number of carbonyl (C=O) groups is 1. The SMILES string of the molecule is O=C(NO)C(Sc1ccc(Cl)cc1)c1ccccc1. The first-order valence-corrected chi connectivity index (χ1v) is 6.87. The standard InChI is InChI=1S/C14H12ClNO2S/c15-11-6-8-12(9-7-11)19-13(14(17)16-18)10-4-2-1-3-5-10/h1-9,13,18H,(H,16,17). The fourth-order valence-electron chi connectivity index (χ4n) is 1.61. The molecule has 1 atom stereocenters. The van der Waals surface area contributed by atoms with E-state index in [4.69, 9.17) is 16.8 Å². The Balaban J connectivity index is 2.24. The molecule has 0 fully saturated rings. The van der Waals surface area contributed by atoms with Gasteiger partial charge in [-0.1, -0.05) is 41.9 Å². The second kappa shape index (κ2) is 6.61. The van der Waals surface area contributed by atoms with Gasteiger partial charge in [-0.05, 0) is 29.8 Å². The molecule has 2 rings (SSSR count). The van der Waals surface area contributed by atoms with Gasteiger partial charge in [0.15, 0.2) is 0 Å². The van der Waals surface area contributed by atoms with E-state index in [9.17, 15) is 4.79 Å². The first-order chi connectivity index (χ1) is 9.20. The zero-order valence-corrected chi connectivity index (χ0v) is 11.5. The molecule has 1 amide bonds. The summed E-state index contributed by atoms with van der Waals surface area (Å²) >= 11 is 7.18. The number of benzene rings is 2. The molecule has 0 heterocycles. The van der Waals surface area contributed by atoms with Crippen LogP contribution in [0.25, 0.3) is 0 Å². The molecule has 0 aromatic heterocycles. The largest absolute Gasteiger partial charge is 0.289 e. The summed E-state index contributed by atoms with van der Waals surface area (Å²) in [5.74, 6) is -0.453. The number of hydrogen-bond acceptors (Lipinski definition) is 3. The number of rotatable bonds is 4. The van der Waals surface area contributed by atoms with Crippen LogP contribution in [-0.4, -0.2) is 11.1 Å². The van der Waals surface area contributed by atoms with E-state index in [2.05, 4.69) is 0 Å². The molecular formula is C14H12ClNO2S. The molecule has 0 bridgehead atoms. The van der Waals surface area contributed by atoms with Crippen molar-refractivity contribution in [2.45, 2.75) is 10.1 Å². The third-order valence-corrected chi connectivity index (χ3v) is 4.04. The van der Waals surface area contributed by atoms with Crippen molar-refractivity contribution in [3.63, 3.8) is 0 Å². The normalized spacial score (nSPS) is 11.9. The van der Waals surface area contributed by atoms with Crippen LogP contribution in [0, 0.1) is 0 Å². The summed E-state index contributed by atoms with van der Waals surface area (Å²) in [4.78, 5) is 12.7. The third-order valence-electron chi connectivity index (χ3n) is 2.52. The summed E-state index contributed by atoms with van der Waals surface area (Å²) in [5.41, 5.74) is 2.54. The monoisotopic (exact) mass is 293 g/mol. The molecule has 0 spiro atoms. The summed E-state index contributed by atoms with van der Waals surface area (Å²) < 4.78 is 0. The van der Waals surface area contributed by atoms with E-state index in [1.807, 2.05) is 42.5 Å². The van der Waals surface area contributed by atoms with Crippen molar-refractivity contribution in [3.8, 4) is 0 Å². The fourth-order valence-corrected chi connectivity index (χ4v) is 2.75. The number of amides is 1. The Kier molecular flexibility index (Phi) is 4.85. The van der Waals surface area contributed by atoms with E-state index in [0.29, 0.717) is 5.02 Å². The zero-order chi connectivity index (χ0) is 13.7. The van der Waals surface area contributed by atoms with Crippen LogP contribution in [0.15, 0.2) is 59.5 Å². The Morgan fingerprint density at radius 1 is 1.11 bits per heavy atom. The van der Waals surface area contributed by atoms with Gasteiger partial charge in [0.1, 0.15) is 5.25 Å². The van der Waals surface area contributed by atoms with Gasteiger partial charge < -0.3 is 0 Å². The molecule has 98 valence electrons. The van der Waals surface area contributed by atoms with Gasteiger partial charge in [-0.15, -0.1) is 11.8 Å². The highest BCUT2D eigenvalue weighted by molar-refractivity contribution is 8.00. The van der Waals surface area contributed by atoms with E-state index in [1.165, 1.54) is 11.8 Å². The summed E-state index contributed by atoms with van der Waals surface area (Å²) in [6.07, 6.45) is 0. The van der Waals surface area contributed by atoms with Crippen molar-refractivity contribution < 1.29 is 10.0 Å². The first kappa shape index (κ1) is 13.9. The van der Waals surface area contributed by atoms with E-state index >= 15 is 0 Å². The highest BCUT2D eigenvalue weighted by Gasteiger charge is 2.21.